The van der Waals surface area contributed by atoms with E-state index >= 15 is 0 Å². The Morgan fingerprint density at radius 3 is 2.38 bits per heavy atom. The van der Waals surface area contributed by atoms with E-state index in [-0.39, 0.29) is 5.92 Å². The Labute approximate surface area is 94.9 Å². The summed E-state index contributed by atoms with van der Waals surface area (Å²) in [6.07, 6.45) is 9.18. The first kappa shape index (κ1) is 12.5. The highest BCUT2D eigenvalue weighted by atomic mass is 16.5. The number of allylic oxidation sites excluding steroid dienone is 4. The lowest BCUT2D eigenvalue weighted by atomic mass is 9.88. The number of carbonyl (C=O) groups excluding carboxylic acids is 2. The molecule has 0 aromatic heterocycles. The first-order valence-corrected chi connectivity index (χ1v) is 5.19. The average molecular weight is 224 g/mol. The lowest BCUT2D eigenvalue weighted by molar-refractivity contribution is -0.160. The molecule has 1 aliphatic rings. The van der Waals surface area contributed by atoms with Gasteiger partial charge < -0.3 is 9.47 Å². The normalized spacial score (nSPS) is 19.3. The zero-order valence-electron chi connectivity index (χ0n) is 9.51. The minimum atomic E-state index is -0.855. The van der Waals surface area contributed by atoms with E-state index in [9.17, 15) is 9.59 Å². The molecule has 0 heterocycles. The molecule has 0 aromatic carbocycles. The van der Waals surface area contributed by atoms with Gasteiger partial charge in [-0.05, 0) is 12.8 Å². The van der Waals surface area contributed by atoms with Crippen LogP contribution in [0.5, 0.6) is 0 Å². The molecular formula is C12H16O4. The Morgan fingerprint density at radius 2 is 1.81 bits per heavy atom. The minimum absolute atomic E-state index is 0.158. The summed E-state index contributed by atoms with van der Waals surface area (Å²) in [5.41, 5.74) is 0. The third kappa shape index (κ3) is 2.95. The number of rotatable bonds is 3. The smallest absolute Gasteiger partial charge is 0.320 e. The van der Waals surface area contributed by atoms with Crippen molar-refractivity contribution in [2.45, 2.75) is 12.8 Å². The molecule has 0 amide bonds. The quantitative estimate of drug-likeness (QED) is 0.538. The summed E-state index contributed by atoms with van der Waals surface area (Å²) < 4.78 is 9.27. The van der Waals surface area contributed by atoms with Crippen LogP contribution < -0.4 is 0 Å². The van der Waals surface area contributed by atoms with Crippen molar-refractivity contribution < 1.29 is 19.1 Å². The molecule has 0 aliphatic heterocycles. The van der Waals surface area contributed by atoms with E-state index in [1.807, 2.05) is 24.3 Å². The Balaban J connectivity index is 2.83. The van der Waals surface area contributed by atoms with Gasteiger partial charge in [0.15, 0.2) is 5.92 Å². The highest BCUT2D eigenvalue weighted by molar-refractivity contribution is 5.95. The molecule has 16 heavy (non-hydrogen) atoms. The molecule has 1 rings (SSSR count). The Kier molecular flexibility index (Phi) is 4.76. The van der Waals surface area contributed by atoms with Gasteiger partial charge in [-0.1, -0.05) is 24.3 Å². The fourth-order valence-corrected chi connectivity index (χ4v) is 1.74. The van der Waals surface area contributed by atoms with E-state index in [4.69, 9.17) is 0 Å². The molecule has 4 nitrogen and oxygen atoms in total. The van der Waals surface area contributed by atoms with Gasteiger partial charge in [0.25, 0.3) is 0 Å². The number of hydrogen-bond acceptors (Lipinski definition) is 4. The maximum Gasteiger partial charge on any atom is 0.320 e. The van der Waals surface area contributed by atoms with Crippen LogP contribution in [0.1, 0.15) is 12.8 Å². The maximum absolute atomic E-state index is 11.5. The third-order valence-corrected chi connectivity index (χ3v) is 2.61. The maximum atomic E-state index is 11.5. The summed E-state index contributed by atoms with van der Waals surface area (Å²) in [6, 6.07) is 0. The zero-order valence-corrected chi connectivity index (χ0v) is 9.51. The van der Waals surface area contributed by atoms with Gasteiger partial charge >= 0.3 is 11.9 Å². The average Bonchev–Trinajstić information content (AvgIpc) is 2.57. The molecule has 0 unspecified atom stereocenters. The van der Waals surface area contributed by atoms with E-state index in [2.05, 4.69) is 9.47 Å². The molecule has 0 N–H and O–H groups in total. The van der Waals surface area contributed by atoms with Crippen LogP contribution in [0.3, 0.4) is 0 Å². The monoisotopic (exact) mass is 224 g/mol. The predicted molar refractivity (Wildman–Crippen MR) is 58.5 cm³/mol. The van der Waals surface area contributed by atoms with Crippen molar-refractivity contribution in [3.8, 4) is 0 Å². The number of carbonyl (C=O) groups is 2. The lowest BCUT2D eigenvalue weighted by Gasteiger charge is -2.19. The number of methoxy groups -OCH3 is 2. The number of ether oxygens (including phenoxy) is 2. The molecule has 0 saturated heterocycles. The molecular weight excluding hydrogens is 208 g/mol. The van der Waals surface area contributed by atoms with Gasteiger partial charge in [-0.15, -0.1) is 0 Å². The summed E-state index contributed by atoms with van der Waals surface area (Å²) in [5, 5.41) is 0. The summed E-state index contributed by atoms with van der Waals surface area (Å²) in [5.74, 6) is -2.09. The van der Waals surface area contributed by atoms with E-state index in [1.165, 1.54) is 14.2 Å². The molecule has 4 heteroatoms. The van der Waals surface area contributed by atoms with Gasteiger partial charge in [0.05, 0.1) is 14.2 Å². The van der Waals surface area contributed by atoms with Gasteiger partial charge in [0.2, 0.25) is 0 Å². The van der Waals surface area contributed by atoms with E-state index in [0.29, 0.717) is 0 Å². The topological polar surface area (TPSA) is 52.6 Å². The van der Waals surface area contributed by atoms with Crippen LogP contribution in [0.15, 0.2) is 24.3 Å². The van der Waals surface area contributed by atoms with Crippen LogP contribution in [0.2, 0.25) is 0 Å². The second kappa shape index (κ2) is 6.10. The van der Waals surface area contributed by atoms with Gasteiger partial charge in [-0.3, -0.25) is 9.59 Å². The number of esters is 2. The summed E-state index contributed by atoms with van der Waals surface area (Å²) >= 11 is 0. The largest absolute Gasteiger partial charge is 0.468 e. The molecule has 0 saturated carbocycles. The van der Waals surface area contributed by atoms with Crippen molar-refractivity contribution in [2.75, 3.05) is 14.2 Å². The van der Waals surface area contributed by atoms with Crippen molar-refractivity contribution in [2.24, 2.45) is 11.8 Å². The standard InChI is InChI=1S/C12H16O4/c1-15-11(13)10(12(14)16-2)9-7-5-3-4-6-8-9/h3-5,7,9-10H,6,8H2,1-2H3/t9-/m0/s1. The van der Waals surface area contributed by atoms with Gasteiger partial charge in [-0.25, -0.2) is 0 Å². The SMILES string of the molecule is COC(=O)C(C(=O)OC)[C@H]1C=CC=CCC1. The summed E-state index contributed by atoms with van der Waals surface area (Å²) in [7, 11) is 2.55. The van der Waals surface area contributed by atoms with Crippen LogP contribution in [0.25, 0.3) is 0 Å². The second-order valence-corrected chi connectivity index (χ2v) is 3.58. The first-order valence-electron chi connectivity index (χ1n) is 5.19. The van der Waals surface area contributed by atoms with Crippen molar-refractivity contribution in [3.05, 3.63) is 24.3 Å². The molecule has 0 spiro atoms. The fraction of sp³-hybridized carbons (Fsp3) is 0.500. The molecule has 0 aromatic rings. The van der Waals surface area contributed by atoms with Crippen LogP contribution >= 0.6 is 0 Å². The van der Waals surface area contributed by atoms with Gasteiger partial charge in [0.1, 0.15) is 0 Å². The second-order valence-electron chi connectivity index (χ2n) is 3.58. The molecule has 1 atom stereocenters. The van der Waals surface area contributed by atoms with Crippen molar-refractivity contribution in [1.29, 1.82) is 0 Å². The van der Waals surface area contributed by atoms with E-state index < -0.39 is 17.9 Å². The Bertz CT molecular complexity index is 301. The van der Waals surface area contributed by atoms with E-state index in [1.54, 1.807) is 0 Å². The molecule has 1 aliphatic carbocycles. The third-order valence-electron chi connectivity index (χ3n) is 2.61. The van der Waals surface area contributed by atoms with Crippen LogP contribution in [-0.4, -0.2) is 26.2 Å². The highest BCUT2D eigenvalue weighted by Crippen LogP contribution is 2.24. The van der Waals surface area contributed by atoms with Crippen molar-refractivity contribution >= 4 is 11.9 Å². The first-order chi connectivity index (χ1) is 7.70. The zero-order chi connectivity index (χ0) is 12.0. The van der Waals surface area contributed by atoms with Crippen LogP contribution in [-0.2, 0) is 19.1 Å². The predicted octanol–water partition coefficient (Wildman–Crippen LogP) is 1.47. The molecule has 0 radical (unpaired) electrons. The highest BCUT2D eigenvalue weighted by Gasteiger charge is 2.35. The van der Waals surface area contributed by atoms with Gasteiger partial charge in [-0.2, -0.15) is 0 Å². The minimum Gasteiger partial charge on any atom is -0.468 e. The van der Waals surface area contributed by atoms with Crippen molar-refractivity contribution in [3.63, 3.8) is 0 Å². The Hall–Kier alpha value is -1.58. The van der Waals surface area contributed by atoms with Gasteiger partial charge in [0, 0.05) is 5.92 Å². The molecule has 88 valence electrons. The lowest BCUT2D eigenvalue weighted by Crippen LogP contribution is -2.32. The van der Waals surface area contributed by atoms with Crippen LogP contribution in [0, 0.1) is 11.8 Å². The summed E-state index contributed by atoms with van der Waals surface area (Å²) in [4.78, 5) is 23.1. The van der Waals surface area contributed by atoms with E-state index in [0.717, 1.165) is 12.8 Å². The number of hydrogen-bond donors (Lipinski definition) is 0. The van der Waals surface area contributed by atoms with Crippen LogP contribution in [0.4, 0.5) is 0 Å². The van der Waals surface area contributed by atoms with Crippen molar-refractivity contribution in [1.82, 2.24) is 0 Å². The molecule has 0 bridgehead atoms. The Morgan fingerprint density at radius 1 is 1.19 bits per heavy atom. The fourth-order valence-electron chi connectivity index (χ4n) is 1.74. The summed E-state index contributed by atoms with van der Waals surface area (Å²) in [6.45, 7) is 0. The molecule has 0 fully saturated rings.